The van der Waals surface area contributed by atoms with Crippen LogP contribution < -0.4 is 5.32 Å². The number of halogens is 2. The van der Waals surface area contributed by atoms with Crippen LogP contribution in [0.25, 0.3) is 0 Å². The predicted octanol–water partition coefficient (Wildman–Crippen LogP) is 2.31. The van der Waals surface area contributed by atoms with Crippen molar-refractivity contribution in [2.24, 2.45) is 0 Å². The molecule has 0 aromatic carbocycles. The van der Waals surface area contributed by atoms with Crippen LogP contribution in [0.3, 0.4) is 0 Å². The molecule has 1 aromatic heterocycles. The molecule has 3 rings (SSSR count). The molecule has 2 aliphatic rings. The number of ether oxygens (including phenoxy) is 1. The molecule has 0 aliphatic carbocycles. The maximum atomic E-state index is 12.4. The van der Waals surface area contributed by atoms with Crippen LogP contribution >= 0.6 is 36.2 Å². The van der Waals surface area contributed by atoms with Crippen molar-refractivity contribution in [1.82, 2.24) is 20.1 Å². The minimum absolute atomic E-state index is 0. The van der Waals surface area contributed by atoms with Gasteiger partial charge >= 0.3 is 0 Å². The van der Waals surface area contributed by atoms with Crippen LogP contribution in [-0.2, 0) is 21.5 Å². The first-order chi connectivity index (χ1) is 11.9. The molecule has 1 unspecified atom stereocenters. The van der Waals surface area contributed by atoms with Gasteiger partial charge in [-0.25, -0.2) is 4.98 Å². The van der Waals surface area contributed by atoms with Crippen LogP contribution in [-0.4, -0.2) is 72.7 Å². The zero-order chi connectivity index (χ0) is 17.9. The minimum atomic E-state index is 0. The van der Waals surface area contributed by atoms with Gasteiger partial charge in [-0.2, -0.15) is 0 Å². The molecule has 1 amide bonds. The van der Waals surface area contributed by atoms with E-state index in [2.05, 4.69) is 36.4 Å². The van der Waals surface area contributed by atoms with E-state index in [0.29, 0.717) is 13.0 Å². The van der Waals surface area contributed by atoms with Crippen molar-refractivity contribution >= 4 is 42.1 Å². The molecular formula is C18H32Cl2N4O2S. The Balaban J connectivity index is 0.00000182. The van der Waals surface area contributed by atoms with Crippen LogP contribution in [0.15, 0.2) is 5.38 Å². The Hall–Kier alpha value is -0.440. The number of amides is 1. The van der Waals surface area contributed by atoms with Crippen molar-refractivity contribution < 1.29 is 9.53 Å². The van der Waals surface area contributed by atoms with E-state index < -0.39 is 0 Å². The summed E-state index contributed by atoms with van der Waals surface area (Å²) in [7, 11) is 0. The number of thiazole rings is 1. The van der Waals surface area contributed by atoms with Gasteiger partial charge in [0, 0.05) is 62.5 Å². The smallest absolute Gasteiger partial charge is 0.224 e. The fraction of sp³-hybridized carbons (Fsp3) is 0.778. The highest BCUT2D eigenvalue weighted by atomic mass is 35.5. The molecule has 6 nitrogen and oxygen atoms in total. The average molecular weight is 439 g/mol. The van der Waals surface area contributed by atoms with E-state index in [1.807, 2.05) is 4.90 Å². The van der Waals surface area contributed by atoms with E-state index in [-0.39, 0.29) is 42.2 Å². The number of nitrogens with zero attached hydrogens (tertiary/aromatic N) is 3. The lowest BCUT2D eigenvalue weighted by Gasteiger charge is -2.35. The first-order valence-electron chi connectivity index (χ1n) is 9.18. The Kier molecular flexibility index (Phi) is 9.96. The number of carbonyl (C=O) groups excluding carboxylic acids is 1. The molecular weight excluding hydrogens is 407 g/mol. The zero-order valence-corrected chi connectivity index (χ0v) is 18.9. The van der Waals surface area contributed by atoms with Gasteiger partial charge in [0.05, 0.1) is 23.9 Å². The predicted molar refractivity (Wildman–Crippen MR) is 114 cm³/mol. The second-order valence-corrected chi connectivity index (χ2v) is 8.84. The highest BCUT2D eigenvalue weighted by Gasteiger charge is 2.25. The Labute approximate surface area is 178 Å². The van der Waals surface area contributed by atoms with Crippen molar-refractivity contribution in [3.63, 3.8) is 0 Å². The molecule has 3 heterocycles. The quantitative estimate of drug-likeness (QED) is 0.781. The van der Waals surface area contributed by atoms with E-state index >= 15 is 0 Å². The first kappa shape index (κ1) is 24.6. The molecule has 156 valence electrons. The highest BCUT2D eigenvalue weighted by Crippen LogP contribution is 2.26. The number of rotatable bonds is 4. The number of hydrogen-bond acceptors (Lipinski definition) is 6. The van der Waals surface area contributed by atoms with Crippen LogP contribution in [0.5, 0.6) is 0 Å². The summed E-state index contributed by atoms with van der Waals surface area (Å²) in [5.41, 5.74) is 1.27. The summed E-state index contributed by atoms with van der Waals surface area (Å²) in [5, 5.41) is 6.72. The third-order valence-electron chi connectivity index (χ3n) is 4.72. The summed E-state index contributed by atoms with van der Waals surface area (Å²) < 4.78 is 5.43. The Bertz CT molecular complexity index is 580. The molecule has 1 atom stereocenters. The summed E-state index contributed by atoms with van der Waals surface area (Å²) in [6.45, 7) is 13.2. The second kappa shape index (κ2) is 10.9. The summed E-state index contributed by atoms with van der Waals surface area (Å²) in [6.07, 6.45) is 0.543. The highest BCUT2D eigenvalue weighted by molar-refractivity contribution is 7.09. The van der Waals surface area contributed by atoms with Gasteiger partial charge < -0.3 is 15.0 Å². The molecule has 1 aromatic rings. The number of nitrogens with one attached hydrogen (secondary N) is 1. The summed E-state index contributed by atoms with van der Waals surface area (Å²) in [6, 6.07) is 0.171. The third kappa shape index (κ3) is 7.15. The van der Waals surface area contributed by atoms with E-state index in [1.54, 1.807) is 11.3 Å². The maximum absolute atomic E-state index is 12.4. The normalized spacial score (nSPS) is 21.3. The van der Waals surface area contributed by atoms with Crippen molar-refractivity contribution in [2.75, 3.05) is 45.9 Å². The van der Waals surface area contributed by atoms with Crippen molar-refractivity contribution in [3.05, 3.63) is 16.1 Å². The average Bonchev–Trinajstić information content (AvgIpc) is 3.05. The fourth-order valence-corrected chi connectivity index (χ4v) is 4.10. The number of carbonyl (C=O) groups is 1. The number of morpholine rings is 1. The van der Waals surface area contributed by atoms with E-state index in [0.717, 1.165) is 51.6 Å². The van der Waals surface area contributed by atoms with Gasteiger partial charge in [0.1, 0.15) is 0 Å². The van der Waals surface area contributed by atoms with Crippen molar-refractivity contribution in [1.29, 1.82) is 0 Å². The van der Waals surface area contributed by atoms with Crippen molar-refractivity contribution in [2.45, 2.75) is 45.2 Å². The molecule has 1 N–H and O–H groups in total. The molecule has 2 fully saturated rings. The zero-order valence-electron chi connectivity index (χ0n) is 16.4. The molecule has 2 aliphatic heterocycles. The van der Waals surface area contributed by atoms with E-state index in [1.165, 1.54) is 5.01 Å². The molecule has 2 saturated heterocycles. The van der Waals surface area contributed by atoms with Crippen LogP contribution in [0.4, 0.5) is 0 Å². The summed E-state index contributed by atoms with van der Waals surface area (Å²) in [4.78, 5) is 21.6. The second-order valence-electron chi connectivity index (χ2n) is 7.98. The Morgan fingerprint density at radius 2 is 2.00 bits per heavy atom. The lowest BCUT2D eigenvalue weighted by Crippen LogP contribution is -2.51. The van der Waals surface area contributed by atoms with Crippen LogP contribution in [0, 0.1) is 0 Å². The monoisotopic (exact) mass is 438 g/mol. The summed E-state index contributed by atoms with van der Waals surface area (Å²) >= 11 is 1.75. The molecule has 0 spiro atoms. The lowest BCUT2D eigenvalue weighted by atomic mass is 9.98. The fourth-order valence-electron chi connectivity index (χ4n) is 3.20. The number of piperazine rings is 1. The van der Waals surface area contributed by atoms with Gasteiger partial charge in [0.2, 0.25) is 5.91 Å². The van der Waals surface area contributed by atoms with Gasteiger partial charge in [0.25, 0.3) is 0 Å². The summed E-state index contributed by atoms with van der Waals surface area (Å²) in [5.74, 6) is 0.242. The molecule has 9 heteroatoms. The van der Waals surface area contributed by atoms with E-state index in [9.17, 15) is 4.79 Å². The topological polar surface area (TPSA) is 57.7 Å². The maximum Gasteiger partial charge on any atom is 0.224 e. The first-order valence-corrected chi connectivity index (χ1v) is 10.1. The molecule has 27 heavy (non-hydrogen) atoms. The van der Waals surface area contributed by atoms with Gasteiger partial charge in [-0.1, -0.05) is 20.8 Å². The molecule has 0 saturated carbocycles. The lowest BCUT2D eigenvalue weighted by molar-refractivity contribution is -0.134. The van der Waals surface area contributed by atoms with Gasteiger partial charge in [-0.15, -0.1) is 36.2 Å². The molecule has 0 radical (unpaired) electrons. The Morgan fingerprint density at radius 3 is 2.56 bits per heavy atom. The largest absolute Gasteiger partial charge is 0.378 e. The number of aromatic nitrogens is 1. The van der Waals surface area contributed by atoms with Crippen LogP contribution in [0.1, 0.15) is 37.9 Å². The van der Waals surface area contributed by atoms with Gasteiger partial charge in [0.15, 0.2) is 0 Å². The number of hydrogen-bond donors (Lipinski definition) is 1. The van der Waals surface area contributed by atoms with Crippen molar-refractivity contribution in [3.8, 4) is 0 Å². The Morgan fingerprint density at radius 1 is 1.30 bits per heavy atom. The third-order valence-corrected chi connectivity index (χ3v) is 6.04. The van der Waals surface area contributed by atoms with E-state index in [4.69, 9.17) is 9.72 Å². The van der Waals surface area contributed by atoms with Gasteiger partial charge in [-0.05, 0) is 0 Å². The SMILES string of the molecule is CC(C)(C)c1nc(CN2CCN(C(=O)CC3COCCN3)CC2)cs1.Cl.Cl. The van der Waals surface area contributed by atoms with Gasteiger partial charge in [-0.3, -0.25) is 9.69 Å². The molecule has 0 bridgehead atoms. The minimum Gasteiger partial charge on any atom is -0.378 e. The standard InChI is InChI=1S/C18H30N4O2S.2ClH/c1-18(2,3)17-20-15(13-25-17)11-21-5-7-22(8-6-21)16(23)10-14-12-24-9-4-19-14;;/h13-14,19H,4-12H2,1-3H3;2*1H. The van der Waals surface area contributed by atoms with Crippen LogP contribution in [0.2, 0.25) is 0 Å².